The molecule has 0 spiro atoms. The Hall–Kier alpha value is -1.36. The van der Waals surface area contributed by atoms with Gasteiger partial charge in [-0.05, 0) is 11.6 Å². The van der Waals surface area contributed by atoms with Gasteiger partial charge in [-0.2, -0.15) is 13.2 Å². The Kier molecular flexibility index (Phi) is 2.48. The molecule has 0 saturated heterocycles. The fourth-order valence-electron chi connectivity index (χ4n) is 1.58. The van der Waals surface area contributed by atoms with Crippen LogP contribution in [0.2, 0.25) is 0 Å². The number of alkyl halides is 3. The van der Waals surface area contributed by atoms with Crippen molar-refractivity contribution in [2.45, 2.75) is 6.18 Å². The van der Waals surface area contributed by atoms with Crippen molar-refractivity contribution in [3.8, 4) is 0 Å². The second-order valence-electron chi connectivity index (χ2n) is 3.28. The number of aromatic nitrogens is 1. The first kappa shape index (κ1) is 10.2. The van der Waals surface area contributed by atoms with Gasteiger partial charge < -0.3 is 5.32 Å². The van der Waals surface area contributed by atoms with Gasteiger partial charge in [0.1, 0.15) is 0 Å². The minimum atomic E-state index is -4.32. The molecule has 1 aliphatic rings. The minimum Gasteiger partial charge on any atom is -0.309 e. The van der Waals surface area contributed by atoms with E-state index in [1.165, 1.54) is 6.20 Å². The number of pyridine rings is 1. The van der Waals surface area contributed by atoms with E-state index in [0.717, 1.165) is 12.3 Å². The van der Waals surface area contributed by atoms with E-state index in [0.29, 0.717) is 18.7 Å². The summed E-state index contributed by atoms with van der Waals surface area (Å²) in [5.41, 5.74) is 0.220. The van der Waals surface area contributed by atoms with Crippen molar-refractivity contribution in [1.82, 2.24) is 10.3 Å². The molecule has 1 aliphatic heterocycles. The van der Waals surface area contributed by atoms with Gasteiger partial charge in [0, 0.05) is 31.0 Å². The quantitative estimate of drug-likeness (QED) is 0.774. The zero-order valence-electron chi connectivity index (χ0n) is 7.80. The highest BCUT2D eigenvalue weighted by Gasteiger charge is 2.34. The van der Waals surface area contributed by atoms with Crippen molar-refractivity contribution in [3.63, 3.8) is 0 Å². The molecule has 0 aliphatic carbocycles. The summed E-state index contributed by atoms with van der Waals surface area (Å²) in [7, 11) is 0. The number of halogens is 3. The van der Waals surface area contributed by atoms with E-state index in [9.17, 15) is 13.2 Å². The molecule has 0 saturated carbocycles. The predicted molar refractivity (Wildman–Crippen MR) is 50.1 cm³/mol. The zero-order chi connectivity index (χ0) is 10.9. The predicted octanol–water partition coefficient (Wildman–Crippen LogP) is 2.09. The first-order valence-corrected chi connectivity index (χ1v) is 4.50. The molecule has 2 heterocycles. The highest BCUT2D eigenvalue weighted by atomic mass is 19.4. The van der Waals surface area contributed by atoms with Gasteiger partial charge in [0.15, 0.2) is 0 Å². The Bertz CT molecular complexity index is 396. The second-order valence-corrected chi connectivity index (χ2v) is 3.28. The van der Waals surface area contributed by atoms with Crippen LogP contribution in [0.25, 0.3) is 5.57 Å². The van der Waals surface area contributed by atoms with E-state index >= 15 is 0 Å². The lowest BCUT2D eigenvalue weighted by atomic mass is 10.0. The molecule has 0 amide bonds. The molecule has 0 aromatic carbocycles. The average molecular weight is 214 g/mol. The van der Waals surface area contributed by atoms with Crippen LogP contribution in [0.4, 0.5) is 13.2 Å². The van der Waals surface area contributed by atoms with Gasteiger partial charge in [0.25, 0.3) is 0 Å². The third-order valence-corrected chi connectivity index (χ3v) is 2.28. The lowest BCUT2D eigenvalue weighted by Crippen LogP contribution is -2.12. The maximum atomic E-state index is 12.6. The van der Waals surface area contributed by atoms with Gasteiger partial charge in [0.2, 0.25) is 0 Å². The van der Waals surface area contributed by atoms with Gasteiger partial charge in [-0.15, -0.1) is 0 Å². The maximum absolute atomic E-state index is 12.6. The molecular weight excluding hydrogens is 205 g/mol. The van der Waals surface area contributed by atoms with Gasteiger partial charge >= 0.3 is 6.18 Å². The van der Waals surface area contributed by atoms with Crippen LogP contribution in [-0.2, 0) is 6.18 Å². The summed E-state index contributed by atoms with van der Waals surface area (Å²) in [5, 5.41) is 2.96. The summed E-state index contributed by atoms with van der Waals surface area (Å²) in [6, 6.07) is 1.01. The lowest BCUT2D eigenvalue weighted by molar-refractivity contribution is -0.137. The molecule has 0 unspecified atom stereocenters. The monoisotopic (exact) mass is 214 g/mol. The van der Waals surface area contributed by atoms with Gasteiger partial charge in [-0.1, -0.05) is 6.08 Å². The van der Waals surface area contributed by atoms with Crippen molar-refractivity contribution in [2.24, 2.45) is 0 Å². The van der Waals surface area contributed by atoms with E-state index in [2.05, 4.69) is 10.3 Å². The normalized spacial score (nSPS) is 16.6. The van der Waals surface area contributed by atoms with Crippen molar-refractivity contribution in [2.75, 3.05) is 13.1 Å². The summed E-state index contributed by atoms with van der Waals surface area (Å²) in [6.07, 6.45) is -0.134. The summed E-state index contributed by atoms with van der Waals surface area (Å²) < 4.78 is 37.9. The molecule has 15 heavy (non-hydrogen) atoms. The van der Waals surface area contributed by atoms with Gasteiger partial charge in [0.05, 0.1) is 5.56 Å². The van der Waals surface area contributed by atoms with Crippen LogP contribution in [0.1, 0.15) is 11.1 Å². The van der Waals surface area contributed by atoms with E-state index in [1.807, 2.05) is 0 Å². The molecule has 2 nitrogen and oxygen atoms in total. The fraction of sp³-hybridized carbons (Fsp3) is 0.300. The molecule has 1 aromatic heterocycles. The average Bonchev–Trinajstić information content (AvgIpc) is 2.69. The molecule has 2 rings (SSSR count). The van der Waals surface area contributed by atoms with Crippen molar-refractivity contribution < 1.29 is 13.2 Å². The SMILES string of the molecule is FC(F)(F)c1ccncc1C1=CCNC1. The maximum Gasteiger partial charge on any atom is 0.417 e. The number of rotatable bonds is 1. The highest BCUT2D eigenvalue weighted by molar-refractivity contribution is 5.71. The first-order chi connectivity index (χ1) is 7.09. The molecule has 0 atom stereocenters. The molecule has 0 fully saturated rings. The number of nitrogens with zero attached hydrogens (tertiary/aromatic N) is 1. The highest BCUT2D eigenvalue weighted by Crippen LogP contribution is 2.34. The standard InChI is InChI=1S/C10H9F3N2/c11-10(12,13)9-2-4-15-6-8(9)7-1-3-14-5-7/h1-2,4,6,14H,3,5H2. The molecule has 1 N–H and O–H groups in total. The summed E-state index contributed by atoms with van der Waals surface area (Å²) in [4.78, 5) is 3.73. The van der Waals surface area contributed by atoms with Crippen LogP contribution < -0.4 is 5.32 Å². The summed E-state index contributed by atoms with van der Waals surface area (Å²) >= 11 is 0. The van der Waals surface area contributed by atoms with Gasteiger partial charge in [-0.3, -0.25) is 4.98 Å². The Morgan fingerprint density at radius 3 is 2.73 bits per heavy atom. The van der Waals surface area contributed by atoms with Crippen LogP contribution in [-0.4, -0.2) is 18.1 Å². The fourth-order valence-corrected chi connectivity index (χ4v) is 1.58. The number of hydrogen-bond donors (Lipinski definition) is 1. The molecule has 0 bridgehead atoms. The lowest BCUT2D eigenvalue weighted by Gasteiger charge is -2.12. The zero-order valence-corrected chi connectivity index (χ0v) is 7.80. The Balaban J connectivity index is 2.47. The van der Waals surface area contributed by atoms with Crippen molar-refractivity contribution in [3.05, 3.63) is 35.7 Å². The molecule has 1 aromatic rings. The summed E-state index contributed by atoms with van der Waals surface area (Å²) in [6.45, 7) is 1.08. The van der Waals surface area contributed by atoms with E-state index in [4.69, 9.17) is 0 Å². The largest absolute Gasteiger partial charge is 0.417 e. The minimum absolute atomic E-state index is 0.176. The van der Waals surface area contributed by atoms with Crippen LogP contribution in [0, 0.1) is 0 Å². The first-order valence-electron chi connectivity index (χ1n) is 4.50. The van der Waals surface area contributed by atoms with E-state index in [1.54, 1.807) is 6.08 Å². The van der Waals surface area contributed by atoms with Crippen molar-refractivity contribution >= 4 is 5.57 Å². The number of hydrogen-bond acceptors (Lipinski definition) is 2. The van der Waals surface area contributed by atoms with Crippen LogP contribution in [0.5, 0.6) is 0 Å². The number of nitrogens with one attached hydrogen (secondary N) is 1. The summed E-state index contributed by atoms with van der Waals surface area (Å²) in [5.74, 6) is 0. The van der Waals surface area contributed by atoms with Crippen LogP contribution >= 0.6 is 0 Å². The second kappa shape index (κ2) is 3.66. The smallest absolute Gasteiger partial charge is 0.309 e. The topological polar surface area (TPSA) is 24.9 Å². The Morgan fingerprint density at radius 1 is 1.33 bits per heavy atom. The third-order valence-electron chi connectivity index (χ3n) is 2.28. The third kappa shape index (κ3) is 2.02. The van der Waals surface area contributed by atoms with Crippen LogP contribution in [0.15, 0.2) is 24.5 Å². The van der Waals surface area contributed by atoms with Crippen molar-refractivity contribution in [1.29, 1.82) is 0 Å². The Morgan fingerprint density at radius 2 is 2.13 bits per heavy atom. The molecular formula is C10H9F3N2. The van der Waals surface area contributed by atoms with Gasteiger partial charge in [-0.25, -0.2) is 0 Å². The van der Waals surface area contributed by atoms with E-state index < -0.39 is 11.7 Å². The molecule has 0 radical (unpaired) electrons. The van der Waals surface area contributed by atoms with Crippen LogP contribution in [0.3, 0.4) is 0 Å². The molecule has 5 heteroatoms. The van der Waals surface area contributed by atoms with E-state index in [-0.39, 0.29) is 5.56 Å². The molecule has 80 valence electrons. The Labute approximate surface area is 84.8 Å².